The molecule has 0 radical (unpaired) electrons. The number of carbonyl (C=O) groups excluding carboxylic acids is 2. The van der Waals surface area contributed by atoms with Crippen LogP contribution in [0.3, 0.4) is 0 Å². The number of aromatic nitrogens is 1. The Labute approximate surface area is 151 Å². The number of nitrogens with one attached hydrogen (secondary N) is 1. The summed E-state index contributed by atoms with van der Waals surface area (Å²) in [6.45, 7) is 3.24. The molecule has 7 heteroatoms. The quantitative estimate of drug-likeness (QED) is 0.891. The van der Waals surface area contributed by atoms with Gasteiger partial charge in [0, 0.05) is 31.6 Å². The van der Waals surface area contributed by atoms with Gasteiger partial charge in [-0.15, -0.1) is 0 Å². The molecule has 138 valence electrons. The minimum atomic E-state index is -0.359. The summed E-state index contributed by atoms with van der Waals surface area (Å²) in [4.78, 5) is 26.4. The highest BCUT2D eigenvalue weighted by Crippen LogP contribution is 2.25. The molecule has 2 amide bonds. The summed E-state index contributed by atoms with van der Waals surface area (Å²) >= 11 is 0. The summed E-state index contributed by atoms with van der Waals surface area (Å²) in [6, 6.07) is 5.73. The Hall–Kier alpha value is -2.70. The molecule has 1 fully saturated rings. The van der Waals surface area contributed by atoms with Crippen molar-refractivity contribution < 1.29 is 18.5 Å². The summed E-state index contributed by atoms with van der Waals surface area (Å²) in [6.07, 6.45) is 3.57. The minimum Gasteiger partial charge on any atom is -0.360 e. The molecule has 1 aliphatic heterocycles. The Morgan fingerprint density at radius 3 is 2.81 bits per heavy atom. The summed E-state index contributed by atoms with van der Waals surface area (Å²) < 4.78 is 18.3. The van der Waals surface area contributed by atoms with E-state index in [4.69, 9.17) is 4.52 Å². The van der Waals surface area contributed by atoms with Crippen LogP contribution in [-0.2, 0) is 4.79 Å². The molecule has 1 aromatic heterocycles. The fourth-order valence-electron chi connectivity index (χ4n) is 3.11. The van der Waals surface area contributed by atoms with Gasteiger partial charge in [-0.05, 0) is 44.0 Å². The Morgan fingerprint density at radius 1 is 1.27 bits per heavy atom. The maximum absolute atomic E-state index is 13.1. The number of hydrogen-bond acceptors (Lipinski definition) is 4. The summed E-state index contributed by atoms with van der Waals surface area (Å²) in [5.74, 6) is -0.134. The van der Waals surface area contributed by atoms with E-state index in [0.29, 0.717) is 42.1 Å². The van der Waals surface area contributed by atoms with Gasteiger partial charge in [-0.2, -0.15) is 0 Å². The number of nitrogens with zero attached hydrogens (tertiary/aromatic N) is 2. The smallest absolute Gasteiger partial charge is 0.257 e. The van der Waals surface area contributed by atoms with E-state index in [1.807, 2.05) is 0 Å². The molecule has 0 spiro atoms. The number of halogens is 1. The van der Waals surface area contributed by atoms with Crippen LogP contribution in [0.2, 0.25) is 0 Å². The fourth-order valence-corrected chi connectivity index (χ4v) is 3.11. The van der Waals surface area contributed by atoms with Gasteiger partial charge < -0.3 is 14.7 Å². The molecule has 2 aromatic rings. The second kappa shape index (κ2) is 8.12. The summed E-state index contributed by atoms with van der Waals surface area (Å²) in [7, 11) is 0. The zero-order chi connectivity index (χ0) is 18.5. The average molecular weight is 359 g/mol. The monoisotopic (exact) mass is 359 g/mol. The van der Waals surface area contributed by atoms with E-state index in [-0.39, 0.29) is 17.6 Å². The highest BCUT2D eigenvalue weighted by Gasteiger charge is 2.22. The molecule has 3 rings (SSSR count). The largest absolute Gasteiger partial charge is 0.360 e. The molecule has 0 aliphatic carbocycles. The van der Waals surface area contributed by atoms with Crippen LogP contribution in [0, 0.1) is 12.7 Å². The molecule has 0 unspecified atom stereocenters. The molecule has 1 aromatic carbocycles. The molecule has 0 saturated carbocycles. The van der Waals surface area contributed by atoms with E-state index >= 15 is 0 Å². The first-order valence-corrected chi connectivity index (χ1v) is 8.84. The van der Waals surface area contributed by atoms with Gasteiger partial charge in [-0.1, -0.05) is 11.6 Å². The third-order valence-corrected chi connectivity index (χ3v) is 4.55. The molecule has 0 bridgehead atoms. The number of rotatable bonds is 5. The van der Waals surface area contributed by atoms with Gasteiger partial charge in [0.2, 0.25) is 5.91 Å². The lowest BCUT2D eigenvalue weighted by Crippen LogP contribution is -2.38. The minimum absolute atomic E-state index is 0.143. The number of likely N-dealkylation sites (tertiary alicyclic amines) is 1. The number of hydrogen-bond donors (Lipinski definition) is 1. The topological polar surface area (TPSA) is 75.4 Å². The van der Waals surface area contributed by atoms with Gasteiger partial charge in [0.25, 0.3) is 5.91 Å². The van der Waals surface area contributed by atoms with E-state index < -0.39 is 0 Å². The third-order valence-electron chi connectivity index (χ3n) is 4.55. The molecular formula is C19H22FN3O3. The van der Waals surface area contributed by atoms with Crippen LogP contribution in [0.1, 0.15) is 41.8 Å². The van der Waals surface area contributed by atoms with Crippen LogP contribution in [0.4, 0.5) is 4.39 Å². The van der Waals surface area contributed by atoms with Crippen molar-refractivity contribution in [3.05, 3.63) is 41.4 Å². The Bertz CT molecular complexity index is 786. The lowest BCUT2D eigenvalue weighted by Gasteiger charge is -2.20. The highest BCUT2D eigenvalue weighted by molar-refractivity contribution is 6.00. The van der Waals surface area contributed by atoms with Crippen molar-refractivity contribution in [2.24, 2.45) is 0 Å². The second-order valence-corrected chi connectivity index (χ2v) is 6.42. The molecular weight excluding hydrogens is 337 g/mol. The summed E-state index contributed by atoms with van der Waals surface area (Å²) in [5, 5.41) is 6.77. The predicted molar refractivity (Wildman–Crippen MR) is 94.0 cm³/mol. The second-order valence-electron chi connectivity index (χ2n) is 6.42. The number of aryl methyl sites for hydroxylation is 1. The zero-order valence-electron chi connectivity index (χ0n) is 14.8. The lowest BCUT2D eigenvalue weighted by molar-refractivity contribution is -0.130. The van der Waals surface area contributed by atoms with Gasteiger partial charge in [0.05, 0.1) is 0 Å². The van der Waals surface area contributed by atoms with Crippen molar-refractivity contribution in [3.8, 4) is 11.3 Å². The molecule has 2 heterocycles. The first kappa shape index (κ1) is 18.1. The van der Waals surface area contributed by atoms with Crippen LogP contribution in [0.5, 0.6) is 0 Å². The van der Waals surface area contributed by atoms with E-state index in [1.54, 1.807) is 24.0 Å². The Balaban J connectivity index is 1.65. The Morgan fingerprint density at radius 2 is 2.04 bits per heavy atom. The van der Waals surface area contributed by atoms with Crippen LogP contribution in [0.15, 0.2) is 28.8 Å². The van der Waals surface area contributed by atoms with Crippen molar-refractivity contribution in [1.29, 1.82) is 0 Å². The first-order valence-electron chi connectivity index (χ1n) is 8.84. The fraction of sp³-hybridized carbons (Fsp3) is 0.421. The molecule has 1 saturated heterocycles. The maximum atomic E-state index is 13.1. The van der Waals surface area contributed by atoms with Gasteiger partial charge in [-0.25, -0.2) is 4.39 Å². The SMILES string of the molecule is Cc1onc(-c2ccc(F)cc2)c1C(=O)NCCN1CCCCCC1=O. The number of carbonyl (C=O) groups is 2. The zero-order valence-corrected chi connectivity index (χ0v) is 14.8. The first-order chi connectivity index (χ1) is 12.6. The van der Waals surface area contributed by atoms with Crippen molar-refractivity contribution in [3.63, 3.8) is 0 Å². The number of amides is 2. The van der Waals surface area contributed by atoms with Crippen LogP contribution in [0.25, 0.3) is 11.3 Å². The van der Waals surface area contributed by atoms with Crippen molar-refractivity contribution >= 4 is 11.8 Å². The predicted octanol–water partition coefficient (Wildman–Crippen LogP) is 2.92. The molecule has 26 heavy (non-hydrogen) atoms. The van der Waals surface area contributed by atoms with Gasteiger partial charge in [0.1, 0.15) is 22.8 Å². The highest BCUT2D eigenvalue weighted by atomic mass is 19.1. The van der Waals surface area contributed by atoms with Crippen LogP contribution >= 0.6 is 0 Å². The average Bonchev–Trinajstić information content (AvgIpc) is 2.89. The van der Waals surface area contributed by atoms with Crippen molar-refractivity contribution in [2.75, 3.05) is 19.6 Å². The molecule has 6 nitrogen and oxygen atoms in total. The van der Waals surface area contributed by atoms with Crippen molar-refractivity contribution in [2.45, 2.75) is 32.6 Å². The van der Waals surface area contributed by atoms with Gasteiger partial charge in [-0.3, -0.25) is 9.59 Å². The van der Waals surface area contributed by atoms with E-state index in [0.717, 1.165) is 25.8 Å². The van der Waals surface area contributed by atoms with Crippen LogP contribution in [-0.4, -0.2) is 41.5 Å². The maximum Gasteiger partial charge on any atom is 0.257 e. The van der Waals surface area contributed by atoms with Crippen LogP contribution < -0.4 is 5.32 Å². The molecule has 1 aliphatic rings. The Kier molecular flexibility index (Phi) is 5.65. The lowest BCUT2D eigenvalue weighted by atomic mass is 10.1. The van der Waals surface area contributed by atoms with Gasteiger partial charge in [0.15, 0.2) is 0 Å². The van der Waals surface area contributed by atoms with Crippen molar-refractivity contribution in [1.82, 2.24) is 15.4 Å². The molecule has 1 N–H and O–H groups in total. The number of benzene rings is 1. The van der Waals surface area contributed by atoms with E-state index in [9.17, 15) is 14.0 Å². The summed E-state index contributed by atoms with van der Waals surface area (Å²) in [5.41, 5.74) is 1.32. The standard InChI is InChI=1S/C19H22FN3O3/c1-13-17(18(22-26-13)14-6-8-15(20)9-7-14)19(25)21-10-12-23-11-4-2-3-5-16(23)24/h6-9H,2-5,10-12H2,1H3,(H,21,25). The van der Waals surface area contributed by atoms with Gasteiger partial charge >= 0.3 is 0 Å². The normalized spacial score (nSPS) is 15.0. The van der Waals surface area contributed by atoms with E-state index in [2.05, 4.69) is 10.5 Å². The third kappa shape index (κ3) is 4.09. The van der Waals surface area contributed by atoms with E-state index in [1.165, 1.54) is 12.1 Å². The molecule has 0 atom stereocenters.